The van der Waals surface area contributed by atoms with Crippen LogP contribution in [0.1, 0.15) is 23.2 Å². The van der Waals surface area contributed by atoms with Crippen molar-refractivity contribution in [1.82, 2.24) is 35.3 Å². The molecule has 4 rings (SSSR count). The number of hydrogen-bond donors (Lipinski definition) is 1. The first-order chi connectivity index (χ1) is 12.7. The van der Waals surface area contributed by atoms with Gasteiger partial charge >= 0.3 is 0 Å². The smallest absolute Gasteiger partial charge is 0.256 e. The lowest BCUT2D eigenvalue weighted by Crippen LogP contribution is -2.57. The Labute approximate surface area is 151 Å². The predicted molar refractivity (Wildman–Crippen MR) is 92.7 cm³/mol. The maximum absolute atomic E-state index is 13.2. The second kappa shape index (κ2) is 7.20. The fourth-order valence-electron chi connectivity index (χ4n) is 3.70. The minimum Gasteiger partial charge on any atom is -0.337 e. The van der Waals surface area contributed by atoms with E-state index in [-0.39, 0.29) is 17.9 Å². The Hall–Kier alpha value is -2.81. The third-order valence-electron chi connectivity index (χ3n) is 4.98. The van der Waals surface area contributed by atoms with Crippen LogP contribution in [0.3, 0.4) is 0 Å². The molecule has 0 spiro atoms. The zero-order chi connectivity index (χ0) is 17.9. The lowest BCUT2D eigenvalue weighted by molar-refractivity contribution is -0.135. The zero-order valence-electron chi connectivity index (χ0n) is 14.4. The molecule has 1 aromatic carbocycles. The minimum atomic E-state index is -0.0524. The molecular weight excluding hydrogens is 334 g/mol. The van der Waals surface area contributed by atoms with Gasteiger partial charge < -0.3 is 15.1 Å². The van der Waals surface area contributed by atoms with Crippen molar-refractivity contribution in [3.63, 3.8) is 0 Å². The van der Waals surface area contributed by atoms with Crippen molar-refractivity contribution < 1.29 is 9.59 Å². The molecule has 0 bridgehead atoms. The van der Waals surface area contributed by atoms with E-state index in [2.05, 4.69) is 20.8 Å². The SMILES string of the molecule is O=C(c1ccccc1-n1cnnn1)N1CCCC(N2CCNCC2=O)C1. The summed E-state index contributed by atoms with van der Waals surface area (Å²) in [4.78, 5) is 29.1. The number of piperazine rings is 1. The summed E-state index contributed by atoms with van der Waals surface area (Å²) in [6.45, 7) is 3.14. The summed E-state index contributed by atoms with van der Waals surface area (Å²) < 4.78 is 1.49. The van der Waals surface area contributed by atoms with Crippen molar-refractivity contribution in [2.45, 2.75) is 18.9 Å². The van der Waals surface area contributed by atoms with Gasteiger partial charge in [-0.05, 0) is 35.4 Å². The van der Waals surface area contributed by atoms with E-state index < -0.39 is 0 Å². The van der Waals surface area contributed by atoms with E-state index in [1.54, 1.807) is 6.07 Å². The predicted octanol–water partition coefficient (Wildman–Crippen LogP) is -0.301. The van der Waals surface area contributed by atoms with E-state index in [0.717, 1.165) is 19.4 Å². The van der Waals surface area contributed by atoms with E-state index in [1.807, 2.05) is 28.0 Å². The van der Waals surface area contributed by atoms with Gasteiger partial charge in [0, 0.05) is 32.2 Å². The molecule has 0 saturated carbocycles. The van der Waals surface area contributed by atoms with E-state index in [1.165, 1.54) is 11.0 Å². The average Bonchev–Trinajstić information content (AvgIpc) is 3.22. The molecule has 9 heteroatoms. The number of carbonyl (C=O) groups excluding carboxylic acids is 2. The first kappa shape index (κ1) is 16.6. The van der Waals surface area contributed by atoms with Gasteiger partial charge in [0.15, 0.2) is 0 Å². The van der Waals surface area contributed by atoms with E-state index in [9.17, 15) is 9.59 Å². The molecule has 9 nitrogen and oxygen atoms in total. The highest BCUT2D eigenvalue weighted by molar-refractivity contribution is 5.97. The molecule has 1 aromatic heterocycles. The highest BCUT2D eigenvalue weighted by Gasteiger charge is 2.32. The summed E-state index contributed by atoms with van der Waals surface area (Å²) in [6.07, 6.45) is 3.30. The standard InChI is InChI=1S/C17H21N7O2/c25-16-10-18-7-9-23(16)13-4-3-8-22(11-13)17(26)14-5-1-2-6-15(14)24-12-19-20-21-24/h1-2,5-6,12-13,18H,3-4,7-11H2. The fraction of sp³-hybridized carbons (Fsp3) is 0.471. The molecule has 0 aliphatic carbocycles. The van der Waals surface area contributed by atoms with Crippen molar-refractivity contribution in [3.05, 3.63) is 36.2 Å². The van der Waals surface area contributed by atoms with Crippen molar-refractivity contribution in [2.75, 3.05) is 32.7 Å². The minimum absolute atomic E-state index is 0.0524. The molecule has 2 aliphatic heterocycles. The van der Waals surface area contributed by atoms with E-state index >= 15 is 0 Å². The van der Waals surface area contributed by atoms with Crippen LogP contribution in [0.15, 0.2) is 30.6 Å². The van der Waals surface area contributed by atoms with Gasteiger partial charge in [0.05, 0.1) is 17.8 Å². The van der Waals surface area contributed by atoms with Crippen LogP contribution >= 0.6 is 0 Å². The fourth-order valence-corrected chi connectivity index (χ4v) is 3.70. The molecule has 26 heavy (non-hydrogen) atoms. The van der Waals surface area contributed by atoms with Crippen molar-refractivity contribution in [2.24, 2.45) is 0 Å². The van der Waals surface area contributed by atoms with Gasteiger partial charge in [0.2, 0.25) is 5.91 Å². The van der Waals surface area contributed by atoms with Gasteiger partial charge in [-0.2, -0.15) is 4.68 Å². The quantitative estimate of drug-likeness (QED) is 0.812. The largest absolute Gasteiger partial charge is 0.337 e. The third kappa shape index (κ3) is 3.17. The molecule has 1 N–H and O–H groups in total. The van der Waals surface area contributed by atoms with E-state index in [4.69, 9.17) is 0 Å². The lowest BCUT2D eigenvalue weighted by atomic mass is 10.0. The molecule has 2 amide bonds. The molecule has 0 radical (unpaired) electrons. The van der Waals surface area contributed by atoms with Crippen LogP contribution in [0, 0.1) is 0 Å². The van der Waals surface area contributed by atoms with Crippen LogP contribution < -0.4 is 5.32 Å². The summed E-state index contributed by atoms with van der Waals surface area (Å²) in [5.41, 5.74) is 1.22. The molecular formula is C17H21N7O2. The van der Waals surface area contributed by atoms with Crippen LogP contribution in [0.5, 0.6) is 0 Å². The molecule has 1 atom stereocenters. The normalized spacial score (nSPS) is 21.1. The summed E-state index contributed by atoms with van der Waals surface area (Å²) >= 11 is 0. The van der Waals surface area contributed by atoms with Crippen LogP contribution in [-0.4, -0.2) is 80.6 Å². The Morgan fingerprint density at radius 3 is 2.92 bits per heavy atom. The average molecular weight is 355 g/mol. The highest BCUT2D eigenvalue weighted by atomic mass is 16.2. The van der Waals surface area contributed by atoms with Crippen LogP contribution in [0.25, 0.3) is 5.69 Å². The number of aromatic nitrogens is 4. The topological polar surface area (TPSA) is 96.2 Å². The van der Waals surface area contributed by atoms with Gasteiger partial charge in [0.25, 0.3) is 5.91 Å². The maximum atomic E-state index is 13.2. The van der Waals surface area contributed by atoms with Gasteiger partial charge in [-0.25, -0.2) is 0 Å². The molecule has 1 unspecified atom stereocenters. The summed E-state index contributed by atoms with van der Waals surface area (Å²) in [7, 11) is 0. The number of nitrogens with zero attached hydrogens (tertiary/aromatic N) is 6. The lowest BCUT2D eigenvalue weighted by Gasteiger charge is -2.41. The van der Waals surface area contributed by atoms with Crippen molar-refractivity contribution in [3.8, 4) is 5.69 Å². The molecule has 2 fully saturated rings. The number of hydrogen-bond acceptors (Lipinski definition) is 6. The number of amides is 2. The van der Waals surface area contributed by atoms with Gasteiger partial charge in [-0.15, -0.1) is 5.10 Å². The number of rotatable bonds is 3. The Kier molecular flexibility index (Phi) is 4.61. The summed E-state index contributed by atoms with van der Waals surface area (Å²) in [6, 6.07) is 7.39. The van der Waals surface area contributed by atoms with Crippen LogP contribution in [0.2, 0.25) is 0 Å². The number of para-hydroxylation sites is 1. The van der Waals surface area contributed by atoms with Gasteiger partial charge in [0.1, 0.15) is 6.33 Å². The molecule has 2 aromatic rings. The van der Waals surface area contributed by atoms with Crippen molar-refractivity contribution in [1.29, 1.82) is 0 Å². The van der Waals surface area contributed by atoms with E-state index in [0.29, 0.717) is 37.4 Å². The first-order valence-corrected chi connectivity index (χ1v) is 8.86. The monoisotopic (exact) mass is 355 g/mol. The maximum Gasteiger partial charge on any atom is 0.256 e. The van der Waals surface area contributed by atoms with Gasteiger partial charge in [-0.1, -0.05) is 12.1 Å². The highest BCUT2D eigenvalue weighted by Crippen LogP contribution is 2.21. The van der Waals surface area contributed by atoms with Crippen LogP contribution in [-0.2, 0) is 4.79 Å². The number of likely N-dealkylation sites (tertiary alicyclic amines) is 1. The molecule has 2 aliphatic rings. The number of nitrogens with one attached hydrogen (secondary N) is 1. The Balaban J connectivity index is 1.54. The van der Waals surface area contributed by atoms with Crippen molar-refractivity contribution >= 4 is 11.8 Å². The number of tetrazole rings is 1. The first-order valence-electron chi connectivity index (χ1n) is 8.86. The third-order valence-corrected chi connectivity index (χ3v) is 4.98. The molecule has 136 valence electrons. The Bertz CT molecular complexity index is 792. The zero-order valence-corrected chi connectivity index (χ0v) is 14.4. The number of piperidine rings is 1. The summed E-state index contributed by atoms with van der Waals surface area (Å²) in [5.74, 6) is 0.0630. The Morgan fingerprint density at radius 2 is 2.12 bits per heavy atom. The Morgan fingerprint density at radius 1 is 1.23 bits per heavy atom. The second-order valence-corrected chi connectivity index (χ2v) is 6.58. The number of benzene rings is 1. The summed E-state index contributed by atoms with van der Waals surface area (Å²) in [5, 5.41) is 14.3. The van der Waals surface area contributed by atoms with Crippen LogP contribution in [0.4, 0.5) is 0 Å². The second-order valence-electron chi connectivity index (χ2n) is 6.58. The molecule has 2 saturated heterocycles. The van der Waals surface area contributed by atoms with Gasteiger partial charge in [-0.3, -0.25) is 9.59 Å². The number of carbonyl (C=O) groups is 2. The molecule has 3 heterocycles.